The standard InChI is InChI=1S/C25H38O6/c1-5-15-6-7-19-20-12-23(29-4)24(13-22(20)31-25(26)21(19)10-15)30-14-16-8-17(27-2)11-18(9-16)28-3/h10-11,16-17,19-22,25-26H,5-9,12-14H2,1-4H3/t16-,17+,19+,20-,21?,22-,25?/m0/s1. The molecule has 1 heterocycles. The van der Waals surface area contributed by atoms with Crippen LogP contribution in [0, 0.1) is 23.7 Å². The number of fused-ring (bicyclic) bond motifs is 3. The van der Waals surface area contributed by atoms with Gasteiger partial charge in [-0.25, -0.2) is 0 Å². The van der Waals surface area contributed by atoms with Crippen molar-refractivity contribution in [3.63, 3.8) is 0 Å². The number of aliphatic hydroxyl groups is 1. The van der Waals surface area contributed by atoms with E-state index in [9.17, 15) is 5.11 Å². The van der Waals surface area contributed by atoms with E-state index in [2.05, 4.69) is 19.1 Å². The van der Waals surface area contributed by atoms with Crippen molar-refractivity contribution in [1.29, 1.82) is 0 Å². The predicted molar refractivity (Wildman–Crippen MR) is 117 cm³/mol. The van der Waals surface area contributed by atoms with Gasteiger partial charge in [0, 0.05) is 38.2 Å². The van der Waals surface area contributed by atoms with Gasteiger partial charge in [-0.3, -0.25) is 0 Å². The highest BCUT2D eigenvalue weighted by Crippen LogP contribution is 2.49. The van der Waals surface area contributed by atoms with Crippen LogP contribution >= 0.6 is 0 Å². The monoisotopic (exact) mass is 434 g/mol. The van der Waals surface area contributed by atoms with Crippen molar-refractivity contribution in [2.75, 3.05) is 27.9 Å². The van der Waals surface area contributed by atoms with Crippen molar-refractivity contribution in [3.05, 3.63) is 35.0 Å². The molecule has 0 bridgehead atoms. The van der Waals surface area contributed by atoms with Crippen LogP contribution in [0.4, 0.5) is 0 Å². The maximum Gasteiger partial charge on any atom is 0.161 e. The Bertz CT molecular complexity index is 726. The third-order valence-electron chi connectivity index (χ3n) is 7.70. The summed E-state index contributed by atoms with van der Waals surface area (Å²) in [5.41, 5.74) is 1.44. The van der Waals surface area contributed by atoms with Crippen molar-refractivity contribution >= 4 is 0 Å². The quantitative estimate of drug-likeness (QED) is 0.603. The second kappa shape index (κ2) is 9.97. The summed E-state index contributed by atoms with van der Waals surface area (Å²) in [5.74, 6) is 3.98. The van der Waals surface area contributed by atoms with Crippen LogP contribution in [0.15, 0.2) is 35.0 Å². The Kier molecular flexibility index (Phi) is 7.29. The van der Waals surface area contributed by atoms with E-state index in [1.54, 1.807) is 21.3 Å². The third-order valence-corrected chi connectivity index (χ3v) is 7.70. The fourth-order valence-corrected chi connectivity index (χ4v) is 5.90. The van der Waals surface area contributed by atoms with E-state index in [-0.39, 0.29) is 18.1 Å². The Morgan fingerprint density at radius 3 is 2.58 bits per heavy atom. The molecule has 3 aliphatic carbocycles. The van der Waals surface area contributed by atoms with Gasteiger partial charge < -0.3 is 28.8 Å². The van der Waals surface area contributed by atoms with Crippen LogP contribution in [0.5, 0.6) is 0 Å². The van der Waals surface area contributed by atoms with Crippen LogP contribution in [-0.4, -0.2) is 51.5 Å². The lowest BCUT2D eigenvalue weighted by atomic mass is 9.66. The molecule has 0 amide bonds. The summed E-state index contributed by atoms with van der Waals surface area (Å²) >= 11 is 0. The zero-order chi connectivity index (χ0) is 22.0. The average Bonchev–Trinajstić information content (AvgIpc) is 2.81. The van der Waals surface area contributed by atoms with Crippen molar-refractivity contribution < 1.29 is 28.8 Å². The highest BCUT2D eigenvalue weighted by Gasteiger charge is 2.48. The van der Waals surface area contributed by atoms with Crippen LogP contribution in [0.2, 0.25) is 0 Å². The van der Waals surface area contributed by atoms with Crippen molar-refractivity contribution in [1.82, 2.24) is 0 Å². The molecule has 0 saturated carbocycles. The maximum atomic E-state index is 10.7. The molecule has 7 atom stereocenters. The molecule has 2 unspecified atom stereocenters. The maximum absolute atomic E-state index is 10.7. The molecule has 4 rings (SSSR count). The summed E-state index contributed by atoms with van der Waals surface area (Å²) in [7, 11) is 5.17. The Labute approximate surface area is 186 Å². The van der Waals surface area contributed by atoms with E-state index in [4.69, 9.17) is 23.7 Å². The zero-order valence-corrected chi connectivity index (χ0v) is 19.3. The van der Waals surface area contributed by atoms with E-state index in [1.165, 1.54) is 5.57 Å². The first-order valence-electron chi connectivity index (χ1n) is 11.8. The first kappa shape index (κ1) is 22.7. The summed E-state index contributed by atoms with van der Waals surface area (Å²) in [6.45, 7) is 2.78. The fraction of sp³-hybridized carbons (Fsp3) is 0.760. The van der Waals surface area contributed by atoms with Gasteiger partial charge in [0.05, 0.1) is 38.8 Å². The van der Waals surface area contributed by atoms with Gasteiger partial charge in [-0.1, -0.05) is 18.6 Å². The van der Waals surface area contributed by atoms with Crippen LogP contribution in [0.3, 0.4) is 0 Å². The number of ether oxygens (including phenoxy) is 5. The van der Waals surface area contributed by atoms with Crippen molar-refractivity contribution in [2.45, 2.75) is 70.4 Å². The molecule has 1 aliphatic heterocycles. The lowest BCUT2D eigenvalue weighted by Crippen LogP contribution is -2.50. The normalized spacial score (nSPS) is 37.9. The van der Waals surface area contributed by atoms with Gasteiger partial charge in [0.25, 0.3) is 0 Å². The van der Waals surface area contributed by atoms with Gasteiger partial charge in [0.15, 0.2) is 6.29 Å². The van der Waals surface area contributed by atoms with Crippen LogP contribution in [0.1, 0.15) is 51.9 Å². The highest BCUT2D eigenvalue weighted by molar-refractivity contribution is 5.18. The molecule has 174 valence electrons. The molecule has 0 aromatic heterocycles. The molecule has 6 nitrogen and oxygen atoms in total. The van der Waals surface area contributed by atoms with E-state index in [0.717, 1.165) is 55.8 Å². The first-order valence-corrected chi connectivity index (χ1v) is 11.8. The topological polar surface area (TPSA) is 66.4 Å². The Morgan fingerprint density at radius 1 is 1.03 bits per heavy atom. The molecular weight excluding hydrogens is 396 g/mol. The molecule has 6 heteroatoms. The molecule has 31 heavy (non-hydrogen) atoms. The van der Waals surface area contributed by atoms with Gasteiger partial charge in [0.1, 0.15) is 11.5 Å². The largest absolute Gasteiger partial charge is 0.501 e. The van der Waals surface area contributed by atoms with Crippen LogP contribution < -0.4 is 0 Å². The SMILES string of the molecule is CCC1=CC2C(O)O[C@H]3CC(OC[C@@H]4CC(OC)=C[C@H](OC)C4)=C(OC)C[C@H]3[C@H]2CC1. The van der Waals surface area contributed by atoms with Gasteiger partial charge in [-0.05, 0) is 43.6 Å². The first-order chi connectivity index (χ1) is 15.1. The van der Waals surface area contributed by atoms with E-state index >= 15 is 0 Å². The molecule has 4 aliphatic rings. The van der Waals surface area contributed by atoms with Gasteiger partial charge in [-0.15, -0.1) is 0 Å². The van der Waals surface area contributed by atoms with Gasteiger partial charge in [0.2, 0.25) is 0 Å². The highest BCUT2D eigenvalue weighted by atomic mass is 16.6. The Morgan fingerprint density at radius 2 is 1.87 bits per heavy atom. The number of methoxy groups -OCH3 is 3. The number of allylic oxidation sites excluding steroid dienone is 3. The minimum absolute atomic E-state index is 0.0192. The minimum Gasteiger partial charge on any atom is -0.501 e. The van der Waals surface area contributed by atoms with Crippen molar-refractivity contribution in [3.8, 4) is 0 Å². The lowest BCUT2D eigenvalue weighted by Gasteiger charge is -2.49. The summed E-state index contributed by atoms with van der Waals surface area (Å²) < 4.78 is 29.2. The molecule has 0 aromatic rings. The Hall–Kier alpha value is -1.50. The van der Waals surface area contributed by atoms with Gasteiger partial charge >= 0.3 is 0 Å². The second-order valence-electron chi connectivity index (χ2n) is 9.37. The smallest absolute Gasteiger partial charge is 0.161 e. The summed E-state index contributed by atoms with van der Waals surface area (Å²) in [4.78, 5) is 0. The van der Waals surface area contributed by atoms with Gasteiger partial charge in [-0.2, -0.15) is 0 Å². The molecule has 0 aromatic carbocycles. The second-order valence-corrected chi connectivity index (χ2v) is 9.37. The van der Waals surface area contributed by atoms with Crippen LogP contribution in [-0.2, 0) is 23.7 Å². The van der Waals surface area contributed by atoms with Crippen LogP contribution in [0.25, 0.3) is 0 Å². The number of rotatable bonds is 7. The summed E-state index contributed by atoms with van der Waals surface area (Å²) in [5, 5.41) is 10.7. The molecular formula is C25H38O6. The predicted octanol–water partition coefficient (Wildman–Crippen LogP) is 4.31. The molecule has 1 N–H and O–H groups in total. The van der Waals surface area contributed by atoms with Crippen molar-refractivity contribution in [2.24, 2.45) is 23.7 Å². The zero-order valence-electron chi connectivity index (χ0n) is 19.3. The Balaban J connectivity index is 1.44. The molecule has 0 radical (unpaired) electrons. The fourth-order valence-electron chi connectivity index (χ4n) is 5.90. The average molecular weight is 435 g/mol. The third kappa shape index (κ3) is 4.81. The minimum atomic E-state index is -0.728. The lowest BCUT2D eigenvalue weighted by molar-refractivity contribution is -0.230. The number of hydrogen-bond donors (Lipinski definition) is 1. The number of hydrogen-bond acceptors (Lipinski definition) is 6. The molecule has 0 spiro atoms. The molecule has 1 fully saturated rings. The summed E-state index contributed by atoms with van der Waals surface area (Å²) in [6.07, 6.45) is 10.2. The molecule has 1 saturated heterocycles. The van der Waals surface area contributed by atoms with E-state index < -0.39 is 6.29 Å². The summed E-state index contributed by atoms with van der Waals surface area (Å²) in [6, 6.07) is 0. The van der Waals surface area contributed by atoms with E-state index in [0.29, 0.717) is 30.8 Å². The van der Waals surface area contributed by atoms with E-state index in [1.807, 2.05) is 0 Å². The number of aliphatic hydroxyl groups excluding tert-OH is 1.